The fourth-order valence-corrected chi connectivity index (χ4v) is 2.70. The molecule has 0 aliphatic carbocycles. The van der Waals surface area contributed by atoms with E-state index in [9.17, 15) is 0 Å². The standard InChI is InChI=1S/C21H17N3O/c1-25-17-13-11-16(12-14-17)22-21-20(15-7-3-2-4-8-15)23-18-9-5-6-10-19(18)24-21/h2-14H,1H3,(H,22,24). The summed E-state index contributed by atoms with van der Waals surface area (Å²) in [6.45, 7) is 0. The van der Waals surface area contributed by atoms with Gasteiger partial charge in [-0.15, -0.1) is 0 Å². The van der Waals surface area contributed by atoms with Crippen molar-refractivity contribution in [2.45, 2.75) is 0 Å². The topological polar surface area (TPSA) is 47.0 Å². The Labute approximate surface area is 146 Å². The minimum absolute atomic E-state index is 0.732. The Hall–Kier alpha value is -3.40. The molecular weight excluding hydrogens is 310 g/mol. The van der Waals surface area contributed by atoms with Gasteiger partial charge in [0.25, 0.3) is 0 Å². The van der Waals surface area contributed by atoms with Crippen molar-refractivity contribution in [1.82, 2.24) is 9.97 Å². The van der Waals surface area contributed by atoms with Gasteiger partial charge in [-0.2, -0.15) is 0 Å². The van der Waals surface area contributed by atoms with Gasteiger partial charge in [0.2, 0.25) is 0 Å². The SMILES string of the molecule is COc1ccc(Nc2nc3ccccc3nc2-c2ccccc2)cc1. The van der Waals surface area contributed by atoms with Crippen molar-refractivity contribution in [3.05, 3.63) is 78.9 Å². The van der Waals surface area contributed by atoms with E-state index in [1.165, 1.54) is 0 Å². The summed E-state index contributed by atoms with van der Waals surface area (Å²) < 4.78 is 5.21. The summed E-state index contributed by atoms with van der Waals surface area (Å²) >= 11 is 0. The van der Waals surface area contributed by atoms with Crippen molar-refractivity contribution in [2.75, 3.05) is 12.4 Å². The summed E-state index contributed by atoms with van der Waals surface area (Å²) in [4.78, 5) is 9.61. The number of anilines is 2. The Morgan fingerprint density at radius 3 is 2.04 bits per heavy atom. The third-order valence-corrected chi connectivity index (χ3v) is 3.97. The number of aromatic nitrogens is 2. The number of nitrogens with one attached hydrogen (secondary N) is 1. The van der Waals surface area contributed by atoms with Crippen LogP contribution in [0.1, 0.15) is 0 Å². The molecule has 0 amide bonds. The lowest BCUT2D eigenvalue weighted by molar-refractivity contribution is 0.415. The van der Waals surface area contributed by atoms with Crippen LogP contribution >= 0.6 is 0 Å². The monoisotopic (exact) mass is 327 g/mol. The van der Waals surface area contributed by atoms with Crippen LogP contribution in [0.15, 0.2) is 78.9 Å². The van der Waals surface area contributed by atoms with Gasteiger partial charge >= 0.3 is 0 Å². The summed E-state index contributed by atoms with van der Waals surface area (Å²) in [5, 5.41) is 3.39. The maximum Gasteiger partial charge on any atom is 0.157 e. The molecule has 0 saturated heterocycles. The van der Waals surface area contributed by atoms with Crippen LogP contribution in [0.2, 0.25) is 0 Å². The Bertz CT molecular complexity index is 998. The van der Waals surface area contributed by atoms with Crippen molar-refractivity contribution in [1.29, 1.82) is 0 Å². The van der Waals surface area contributed by atoms with Gasteiger partial charge in [0.15, 0.2) is 5.82 Å². The van der Waals surface area contributed by atoms with Crippen LogP contribution in [-0.2, 0) is 0 Å². The highest BCUT2D eigenvalue weighted by Crippen LogP contribution is 2.29. The van der Waals surface area contributed by atoms with Crippen LogP contribution in [0.3, 0.4) is 0 Å². The van der Waals surface area contributed by atoms with Crippen LogP contribution in [0.4, 0.5) is 11.5 Å². The summed E-state index contributed by atoms with van der Waals surface area (Å²) in [5.74, 6) is 1.55. The normalized spacial score (nSPS) is 10.6. The Kier molecular flexibility index (Phi) is 4.01. The fourth-order valence-electron chi connectivity index (χ4n) is 2.70. The van der Waals surface area contributed by atoms with Crippen LogP contribution in [-0.4, -0.2) is 17.1 Å². The zero-order chi connectivity index (χ0) is 17.1. The van der Waals surface area contributed by atoms with Gasteiger partial charge in [0.1, 0.15) is 11.4 Å². The first kappa shape index (κ1) is 15.1. The number of hydrogen-bond donors (Lipinski definition) is 1. The number of hydrogen-bond acceptors (Lipinski definition) is 4. The first-order valence-corrected chi connectivity index (χ1v) is 8.07. The molecule has 0 spiro atoms. The van der Waals surface area contributed by atoms with E-state index >= 15 is 0 Å². The zero-order valence-electron chi connectivity index (χ0n) is 13.8. The largest absolute Gasteiger partial charge is 0.497 e. The van der Waals surface area contributed by atoms with Gasteiger partial charge < -0.3 is 10.1 Å². The smallest absolute Gasteiger partial charge is 0.157 e. The maximum absolute atomic E-state index is 5.21. The summed E-state index contributed by atoms with van der Waals surface area (Å²) in [6.07, 6.45) is 0. The minimum atomic E-state index is 0.732. The number of nitrogens with zero attached hydrogens (tertiary/aromatic N) is 2. The summed E-state index contributed by atoms with van der Waals surface area (Å²) in [6, 6.07) is 25.7. The molecule has 0 atom stereocenters. The molecule has 0 unspecified atom stereocenters. The van der Waals surface area contributed by atoms with Crippen molar-refractivity contribution in [2.24, 2.45) is 0 Å². The Balaban J connectivity index is 1.82. The predicted octanol–water partition coefficient (Wildman–Crippen LogP) is 5.05. The molecule has 3 aromatic carbocycles. The Morgan fingerprint density at radius 1 is 0.720 bits per heavy atom. The molecule has 25 heavy (non-hydrogen) atoms. The van der Waals surface area contributed by atoms with E-state index in [-0.39, 0.29) is 0 Å². The van der Waals surface area contributed by atoms with Gasteiger partial charge in [0.05, 0.1) is 18.1 Å². The van der Waals surface area contributed by atoms with E-state index < -0.39 is 0 Å². The molecule has 0 saturated carbocycles. The van der Waals surface area contributed by atoms with Gasteiger partial charge in [-0.25, -0.2) is 9.97 Å². The highest BCUT2D eigenvalue weighted by Gasteiger charge is 2.11. The molecule has 0 aliphatic rings. The van der Waals surface area contributed by atoms with Crippen LogP contribution in [0, 0.1) is 0 Å². The molecule has 4 nitrogen and oxygen atoms in total. The highest BCUT2D eigenvalue weighted by atomic mass is 16.5. The number of benzene rings is 3. The molecular formula is C21H17N3O. The number of methoxy groups -OCH3 is 1. The lowest BCUT2D eigenvalue weighted by Gasteiger charge is -2.12. The molecule has 4 heteroatoms. The highest BCUT2D eigenvalue weighted by molar-refractivity contribution is 5.84. The second-order valence-corrected chi connectivity index (χ2v) is 5.63. The number of fused-ring (bicyclic) bond motifs is 1. The first-order chi connectivity index (χ1) is 12.3. The second-order valence-electron chi connectivity index (χ2n) is 5.63. The quantitative estimate of drug-likeness (QED) is 0.570. The van der Waals surface area contributed by atoms with Crippen LogP contribution < -0.4 is 10.1 Å². The van der Waals surface area contributed by atoms with Gasteiger partial charge in [-0.1, -0.05) is 42.5 Å². The molecule has 1 aromatic heterocycles. The lowest BCUT2D eigenvalue weighted by atomic mass is 10.1. The van der Waals surface area contributed by atoms with E-state index in [1.807, 2.05) is 78.9 Å². The van der Waals surface area contributed by atoms with Gasteiger partial charge in [-0.3, -0.25) is 0 Å². The summed E-state index contributed by atoms with van der Waals surface area (Å²) in [7, 11) is 1.66. The van der Waals surface area contributed by atoms with Crippen LogP contribution in [0.25, 0.3) is 22.3 Å². The van der Waals surface area contributed by atoms with E-state index in [0.29, 0.717) is 0 Å². The third-order valence-electron chi connectivity index (χ3n) is 3.97. The Morgan fingerprint density at radius 2 is 1.36 bits per heavy atom. The van der Waals surface area contributed by atoms with Gasteiger partial charge in [-0.05, 0) is 36.4 Å². The fraction of sp³-hybridized carbons (Fsp3) is 0.0476. The number of para-hydroxylation sites is 2. The van der Waals surface area contributed by atoms with E-state index in [0.717, 1.165) is 39.5 Å². The summed E-state index contributed by atoms with van der Waals surface area (Å²) in [5.41, 5.74) is 4.52. The lowest BCUT2D eigenvalue weighted by Crippen LogP contribution is -2.00. The minimum Gasteiger partial charge on any atom is -0.497 e. The maximum atomic E-state index is 5.21. The molecule has 0 bridgehead atoms. The van der Waals surface area contributed by atoms with E-state index in [1.54, 1.807) is 7.11 Å². The number of ether oxygens (including phenoxy) is 1. The molecule has 4 aromatic rings. The predicted molar refractivity (Wildman–Crippen MR) is 101 cm³/mol. The average Bonchev–Trinajstić information content (AvgIpc) is 2.69. The van der Waals surface area contributed by atoms with E-state index in [2.05, 4.69) is 5.32 Å². The molecule has 0 fully saturated rings. The number of rotatable bonds is 4. The van der Waals surface area contributed by atoms with Crippen molar-refractivity contribution in [3.8, 4) is 17.0 Å². The second kappa shape index (κ2) is 6.61. The molecule has 122 valence electrons. The van der Waals surface area contributed by atoms with Crippen molar-refractivity contribution >= 4 is 22.5 Å². The third kappa shape index (κ3) is 3.15. The average molecular weight is 327 g/mol. The molecule has 0 aliphatic heterocycles. The van der Waals surface area contributed by atoms with Crippen LogP contribution in [0.5, 0.6) is 5.75 Å². The van der Waals surface area contributed by atoms with E-state index in [4.69, 9.17) is 14.7 Å². The van der Waals surface area contributed by atoms with Crippen molar-refractivity contribution < 1.29 is 4.74 Å². The molecule has 1 N–H and O–H groups in total. The molecule has 4 rings (SSSR count). The first-order valence-electron chi connectivity index (χ1n) is 8.07. The van der Waals surface area contributed by atoms with Gasteiger partial charge in [0, 0.05) is 11.3 Å². The van der Waals surface area contributed by atoms with Crippen molar-refractivity contribution in [3.63, 3.8) is 0 Å². The zero-order valence-corrected chi connectivity index (χ0v) is 13.8. The molecule has 0 radical (unpaired) electrons. The molecule has 1 heterocycles.